The zero-order valence-corrected chi connectivity index (χ0v) is 16.6. The molecule has 1 amide bonds. The number of aromatic nitrogens is 4. The van der Waals surface area contributed by atoms with E-state index in [0.29, 0.717) is 33.0 Å². The standard InChI is InChI=1S/C19H23N5O2S/c1-11(2)24-14(8-9-20-24)21-17(25)16-12(3)15-18(27-16)22-13-7-5-4-6-10-23(13)19(15)26/h8-9,11H,4-7,10H2,1-3H3,(H,21,25). The Hall–Kier alpha value is -2.48. The van der Waals surface area contributed by atoms with E-state index in [2.05, 4.69) is 10.4 Å². The monoisotopic (exact) mass is 385 g/mol. The minimum absolute atomic E-state index is 0.0167. The molecule has 0 aliphatic carbocycles. The van der Waals surface area contributed by atoms with Crippen molar-refractivity contribution in [2.45, 2.75) is 59.0 Å². The van der Waals surface area contributed by atoms with Crippen LogP contribution in [0.25, 0.3) is 10.2 Å². The van der Waals surface area contributed by atoms with E-state index in [-0.39, 0.29) is 17.5 Å². The second kappa shape index (κ2) is 6.92. The molecule has 4 heterocycles. The fourth-order valence-corrected chi connectivity index (χ4v) is 4.71. The Morgan fingerprint density at radius 1 is 1.30 bits per heavy atom. The number of carbonyl (C=O) groups excluding carboxylic acids is 1. The summed E-state index contributed by atoms with van der Waals surface area (Å²) >= 11 is 1.30. The number of nitrogens with one attached hydrogen (secondary N) is 1. The van der Waals surface area contributed by atoms with Gasteiger partial charge in [0.1, 0.15) is 16.5 Å². The third kappa shape index (κ3) is 3.07. The van der Waals surface area contributed by atoms with Crippen LogP contribution in [0.15, 0.2) is 17.1 Å². The summed E-state index contributed by atoms with van der Waals surface area (Å²) in [4.78, 5) is 31.8. The summed E-state index contributed by atoms with van der Waals surface area (Å²) in [5.41, 5.74) is 0.692. The maximum Gasteiger partial charge on any atom is 0.267 e. The summed E-state index contributed by atoms with van der Waals surface area (Å²) < 4.78 is 3.56. The topological polar surface area (TPSA) is 81.8 Å². The molecule has 1 N–H and O–H groups in total. The maximum absolute atomic E-state index is 13.0. The van der Waals surface area contributed by atoms with Gasteiger partial charge in [0.25, 0.3) is 11.5 Å². The van der Waals surface area contributed by atoms with Crippen molar-refractivity contribution in [2.24, 2.45) is 0 Å². The van der Waals surface area contributed by atoms with E-state index in [1.807, 2.05) is 20.8 Å². The van der Waals surface area contributed by atoms with Crippen molar-refractivity contribution < 1.29 is 4.79 Å². The van der Waals surface area contributed by atoms with Crippen molar-refractivity contribution in [1.29, 1.82) is 0 Å². The molecular formula is C19H23N5O2S. The number of thiophene rings is 1. The number of fused-ring (bicyclic) bond motifs is 2. The van der Waals surface area contributed by atoms with Gasteiger partial charge in [0.15, 0.2) is 0 Å². The molecule has 0 saturated carbocycles. The third-order valence-corrected chi connectivity index (χ3v) is 6.20. The molecule has 0 saturated heterocycles. The van der Waals surface area contributed by atoms with Crippen LogP contribution in [0.1, 0.15) is 60.2 Å². The first-order valence-corrected chi connectivity index (χ1v) is 10.2. The van der Waals surface area contributed by atoms with Crippen LogP contribution in [0.4, 0.5) is 5.82 Å². The van der Waals surface area contributed by atoms with Crippen LogP contribution in [0.2, 0.25) is 0 Å². The van der Waals surface area contributed by atoms with Gasteiger partial charge in [-0.05, 0) is 39.2 Å². The molecule has 0 fully saturated rings. The molecule has 0 bridgehead atoms. The highest BCUT2D eigenvalue weighted by molar-refractivity contribution is 7.20. The van der Waals surface area contributed by atoms with Crippen LogP contribution in [-0.4, -0.2) is 25.2 Å². The number of hydrogen-bond donors (Lipinski definition) is 1. The Morgan fingerprint density at radius 2 is 2.11 bits per heavy atom. The van der Waals surface area contributed by atoms with E-state index < -0.39 is 0 Å². The molecule has 0 unspecified atom stereocenters. The van der Waals surface area contributed by atoms with E-state index in [0.717, 1.165) is 31.5 Å². The molecule has 27 heavy (non-hydrogen) atoms. The molecule has 0 spiro atoms. The molecule has 8 heteroatoms. The summed E-state index contributed by atoms with van der Waals surface area (Å²) in [6.07, 6.45) is 5.65. The summed E-state index contributed by atoms with van der Waals surface area (Å²) in [5.74, 6) is 1.26. The molecule has 0 radical (unpaired) electrons. The largest absolute Gasteiger partial charge is 0.306 e. The summed E-state index contributed by atoms with van der Waals surface area (Å²) in [6, 6.07) is 1.91. The highest BCUT2D eigenvalue weighted by Gasteiger charge is 2.23. The lowest BCUT2D eigenvalue weighted by Crippen LogP contribution is -2.24. The van der Waals surface area contributed by atoms with Crippen LogP contribution in [-0.2, 0) is 13.0 Å². The van der Waals surface area contributed by atoms with Crippen molar-refractivity contribution in [3.05, 3.63) is 38.9 Å². The van der Waals surface area contributed by atoms with Gasteiger partial charge in [0.05, 0.1) is 16.5 Å². The Morgan fingerprint density at radius 3 is 2.89 bits per heavy atom. The molecule has 7 nitrogen and oxygen atoms in total. The first-order valence-electron chi connectivity index (χ1n) is 9.35. The average molecular weight is 385 g/mol. The second-order valence-electron chi connectivity index (χ2n) is 7.24. The molecule has 4 rings (SSSR count). The molecule has 0 atom stereocenters. The Balaban J connectivity index is 1.75. The number of amides is 1. The molecule has 142 valence electrons. The van der Waals surface area contributed by atoms with Gasteiger partial charge in [-0.15, -0.1) is 11.3 Å². The fourth-order valence-electron chi connectivity index (χ4n) is 3.62. The van der Waals surface area contributed by atoms with Crippen molar-refractivity contribution >= 4 is 33.3 Å². The third-order valence-electron chi connectivity index (χ3n) is 5.02. The van der Waals surface area contributed by atoms with Gasteiger partial charge in [0.2, 0.25) is 0 Å². The van der Waals surface area contributed by atoms with Gasteiger partial charge in [-0.1, -0.05) is 6.42 Å². The molecule has 0 aromatic carbocycles. The second-order valence-corrected chi connectivity index (χ2v) is 8.24. The number of carbonyl (C=O) groups is 1. The highest BCUT2D eigenvalue weighted by atomic mass is 32.1. The molecular weight excluding hydrogens is 362 g/mol. The zero-order valence-electron chi connectivity index (χ0n) is 15.8. The first kappa shape index (κ1) is 17.9. The van der Waals surface area contributed by atoms with Gasteiger partial charge in [-0.3, -0.25) is 14.2 Å². The lowest BCUT2D eigenvalue weighted by Gasteiger charge is -2.11. The number of anilines is 1. The van der Waals surface area contributed by atoms with E-state index in [1.165, 1.54) is 11.3 Å². The van der Waals surface area contributed by atoms with Gasteiger partial charge < -0.3 is 5.32 Å². The Labute approximate surface area is 161 Å². The van der Waals surface area contributed by atoms with Crippen LogP contribution in [0, 0.1) is 6.92 Å². The minimum Gasteiger partial charge on any atom is -0.306 e. The predicted octanol–water partition coefficient (Wildman–Crippen LogP) is 3.52. The van der Waals surface area contributed by atoms with Gasteiger partial charge in [-0.25, -0.2) is 9.67 Å². The molecule has 3 aromatic rings. The lowest BCUT2D eigenvalue weighted by molar-refractivity contribution is 0.102. The van der Waals surface area contributed by atoms with Crippen LogP contribution < -0.4 is 10.9 Å². The smallest absolute Gasteiger partial charge is 0.267 e. The van der Waals surface area contributed by atoms with Gasteiger partial charge in [-0.2, -0.15) is 5.10 Å². The van der Waals surface area contributed by atoms with Gasteiger partial charge >= 0.3 is 0 Å². The minimum atomic E-state index is -0.225. The number of nitrogens with zero attached hydrogens (tertiary/aromatic N) is 4. The molecule has 1 aliphatic heterocycles. The maximum atomic E-state index is 13.0. The highest BCUT2D eigenvalue weighted by Crippen LogP contribution is 2.29. The fraction of sp³-hybridized carbons (Fsp3) is 0.474. The van der Waals surface area contributed by atoms with E-state index in [1.54, 1.807) is 21.5 Å². The Kier molecular flexibility index (Phi) is 4.59. The number of hydrogen-bond acceptors (Lipinski definition) is 5. The quantitative estimate of drug-likeness (QED) is 0.748. The number of rotatable bonds is 3. The Bertz CT molecular complexity index is 1080. The number of aryl methyl sites for hydroxylation is 2. The van der Waals surface area contributed by atoms with Crippen molar-refractivity contribution in [2.75, 3.05) is 5.32 Å². The molecule has 3 aromatic heterocycles. The normalized spacial score (nSPS) is 14.4. The van der Waals surface area contributed by atoms with Crippen molar-refractivity contribution in [1.82, 2.24) is 19.3 Å². The lowest BCUT2D eigenvalue weighted by atomic mass is 10.2. The molecule has 1 aliphatic rings. The van der Waals surface area contributed by atoms with Crippen molar-refractivity contribution in [3.8, 4) is 0 Å². The van der Waals surface area contributed by atoms with E-state index in [4.69, 9.17) is 4.98 Å². The SMILES string of the molecule is Cc1c(C(=O)Nc2ccnn2C(C)C)sc2nc3n(c(=O)c12)CCCCC3. The van der Waals surface area contributed by atoms with Crippen LogP contribution in [0.5, 0.6) is 0 Å². The predicted molar refractivity (Wildman–Crippen MR) is 107 cm³/mol. The van der Waals surface area contributed by atoms with Crippen LogP contribution in [0.3, 0.4) is 0 Å². The van der Waals surface area contributed by atoms with E-state index in [9.17, 15) is 9.59 Å². The first-order chi connectivity index (χ1) is 13.0. The van der Waals surface area contributed by atoms with Crippen molar-refractivity contribution in [3.63, 3.8) is 0 Å². The van der Waals surface area contributed by atoms with E-state index >= 15 is 0 Å². The average Bonchev–Trinajstić information content (AvgIpc) is 3.12. The van der Waals surface area contributed by atoms with Gasteiger partial charge in [0, 0.05) is 25.1 Å². The summed E-state index contributed by atoms with van der Waals surface area (Å²) in [7, 11) is 0. The summed E-state index contributed by atoms with van der Waals surface area (Å²) in [6.45, 7) is 6.55. The zero-order chi connectivity index (χ0) is 19.1. The van der Waals surface area contributed by atoms with Crippen LogP contribution >= 0.6 is 11.3 Å². The summed E-state index contributed by atoms with van der Waals surface area (Å²) in [5, 5.41) is 7.74.